The first kappa shape index (κ1) is 22.9. The molecule has 0 saturated heterocycles. The fourth-order valence-electron chi connectivity index (χ4n) is 2.54. The molecule has 2 N–H and O–H groups in total. The molecule has 2 rings (SSSR count). The maximum Gasteiger partial charge on any atom is 0.329 e. The van der Waals surface area contributed by atoms with Crippen molar-refractivity contribution >= 4 is 23.5 Å². The Bertz CT molecular complexity index is 881. The number of halogens is 1. The molecule has 0 spiro atoms. The molecule has 8 heteroatoms. The second-order valence-electron chi connectivity index (χ2n) is 7.00. The predicted molar refractivity (Wildman–Crippen MR) is 110 cm³/mol. The first-order valence-corrected chi connectivity index (χ1v) is 9.43. The number of carbonyl (C=O) groups is 3. The highest BCUT2D eigenvalue weighted by atomic mass is 19.1. The molecular formula is C22H25FN2O5. The molecule has 2 atom stereocenters. The molecule has 160 valence electrons. The maximum atomic E-state index is 13.0. The Kier molecular flexibility index (Phi) is 7.91. The summed E-state index contributed by atoms with van der Waals surface area (Å²) in [5.74, 6) is -1.84. The largest absolute Gasteiger partial charge is 0.497 e. The van der Waals surface area contributed by atoms with Gasteiger partial charge in [0, 0.05) is 11.3 Å². The zero-order valence-electron chi connectivity index (χ0n) is 17.3. The van der Waals surface area contributed by atoms with E-state index in [-0.39, 0.29) is 5.92 Å². The Hall–Kier alpha value is -3.42. The summed E-state index contributed by atoms with van der Waals surface area (Å²) in [5.41, 5.74) is 0.730. The number of anilines is 1. The number of benzene rings is 2. The Morgan fingerprint density at radius 2 is 1.53 bits per heavy atom. The van der Waals surface area contributed by atoms with Crippen molar-refractivity contribution in [1.29, 1.82) is 0 Å². The summed E-state index contributed by atoms with van der Waals surface area (Å²) in [6.45, 7) is 4.92. The quantitative estimate of drug-likeness (QED) is 0.645. The molecule has 0 aliphatic heterocycles. The van der Waals surface area contributed by atoms with Gasteiger partial charge in [-0.05, 0) is 61.4 Å². The first-order chi connectivity index (χ1) is 14.2. The third-order valence-corrected chi connectivity index (χ3v) is 4.33. The van der Waals surface area contributed by atoms with E-state index in [1.165, 1.54) is 38.3 Å². The molecule has 2 aromatic carbocycles. The van der Waals surface area contributed by atoms with Gasteiger partial charge in [-0.25, -0.2) is 9.18 Å². The second kappa shape index (κ2) is 10.4. The lowest BCUT2D eigenvalue weighted by Crippen LogP contribution is -2.47. The number of esters is 1. The van der Waals surface area contributed by atoms with E-state index in [9.17, 15) is 18.8 Å². The summed E-state index contributed by atoms with van der Waals surface area (Å²) in [5, 5.41) is 5.18. The van der Waals surface area contributed by atoms with E-state index in [0.717, 1.165) is 0 Å². The highest BCUT2D eigenvalue weighted by Gasteiger charge is 2.29. The van der Waals surface area contributed by atoms with E-state index in [1.54, 1.807) is 38.1 Å². The van der Waals surface area contributed by atoms with E-state index in [0.29, 0.717) is 17.0 Å². The standard InChI is InChI=1S/C22H25FN2O5/c1-13(2)19(25-21(27)15-5-11-18(29-4)12-6-15)22(28)30-14(3)20(26)24-17-9-7-16(23)8-10-17/h5-14,19H,1-4H3,(H,24,26)(H,25,27)/t14-,19-/m0/s1. The Morgan fingerprint density at radius 3 is 2.07 bits per heavy atom. The first-order valence-electron chi connectivity index (χ1n) is 9.43. The van der Waals surface area contributed by atoms with Crippen LogP contribution in [0.3, 0.4) is 0 Å². The molecule has 30 heavy (non-hydrogen) atoms. The van der Waals surface area contributed by atoms with Crippen molar-refractivity contribution in [2.45, 2.75) is 32.9 Å². The molecule has 0 aliphatic rings. The van der Waals surface area contributed by atoms with E-state index < -0.39 is 35.7 Å². The average molecular weight is 416 g/mol. The third-order valence-electron chi connectivity index (χ3n) is 4.33. The summed E-state index contributed by atoms with van der Waals surface area (Å²) in [6, 6.07) is 10.7. The van der Waals surface area contributed by atoms with Gasteiger partial charge in [0.1, 0.15) is 17.6 Å². The fraction of sp³-hybridized carbons (Fsp3) is 0.318. The van der Waals surface area contributed by atoms with Gasteiger partial charge in [0.15, 0.2) is 6.10 Å². The Balaban J connectivity index is 1.98. The molecule has 2 aromatic rings. The van der Waals surface area contributed by atoms with Crippen LogP contribution in [0.1, 0.15) is 31.1 Å². The van der Waals surface area contributed by atoms with Crippen molar-refractivity contribution in [1.82, 2.24) is 5.32 Å². The molecule has 0 unspecified atom stereocenters. The van der Waals surface area contributed by atoms with Crippen LogP contribution >= 0.6 is 0 Å². The number of hydrogen-bond donors (Lipinski definition) is 2. The number of methoxy groups -OCH3 is 1. The highest BCUT2D eigenvalue weighted by Crippen LogP contribution is 2.14. The van der Waals surface area contributed by atoms with Crippen LogP contribution in [0, 0.1) is 11.7 Å². The molecular weight excluding hydrogens is 391 g/mol. The number of nitrogens with one attached hydrogen (secondary N) is 2. The van der Waals surface area contributed by atoms with Crippen molar-refractivity contribution in [3.8, 4) is 5.75 Å². The molecule has 0 radical (unpaired) electrons. The van der Waals surface area contributed by atoms with Crippen molar-refractivity contribution in [3.63, 3.8) is 0 Å². The lowest BCUT2D eigenvalue weighted by molar-refractivity contribution is -0.156. The summed E-state index contributed by atoms with van der Waals surface area (Å²) in [4.78, 5) is 37.3. The van der Waals surface area contributed by atoms with Crippen molar-refractivity contribution in [2.75, 3.05) is 12.4 Å². The van der Waals surface area contributed by atoms with Gasteiger partial charge in [-0.3, -0.25) is 9.59 Å². The van der Waals surface area contributed by atoms with Gasteiger partial charge in [0.2, 0.25) is 0 Å². The van der Waals surface area contributed by atoms with Crippen molar-refractivity contribution in [2.24, 2.45) is 5.92 Å². The summed E-state index contributed by atoms with van der Waals surface area (Å²) in [7, 11) is 1.52. The van der Waals surface area contributed by atoms with Crippen LogP contribution in [0.25, 0.3) is 0 Å². The summed E-state index contributed by atoms with van der Waals surface area (Å²) in [6.07, 6.45) is -1.11. The van der Waals surface area contributed by atoms with Gasteiger partial charge in [-0.2, -0.15) is 0 Å². The van der Waals surface area contributed by atoms with Crippen molar-refractivity contribution < 1.29 is 28.2 Å². The number of amides is 2. The van der Waals surface area contributed by atoms with Crippen LogP contribution in [0.15, 0.2) is 48.5 Å². The molecule has 0 bridgehead atoms. The SMILES string of the molecule is COc1ccc(C(=O)N[C@H](C(=O)O[C@@H](C)C(=O)Nc2ccc(F)cc2)C(C)C)cc1. The minimum absolute atomic E-state index is 0.271. The molecule has 0 aromatic heterocycles. The van der Waals surface area contributed by atoms with Gasteiger partial charge >= 0.3 is 5.97 Å². The molecule has 0 saturated carbocycles. The van der Waals surface area contributed by atoms with Crippen LogP contribution in [-0.2, 0) is 14.3 Å². The third kappa shape index (κ3) is 6.30. The van der Waals surface area contributed by atoms with Gasteiger partial charge < -0.3 is 20.1 Å². The minimum Gasteiger partial charge on any atom is -0.497 e. The molecule has 0 fully saturated rings. The fourth-order valence-corrected chi connectivity index (χ4v) is 2.54. The lowest BCUT2D eigenvalue weighted by atomic mass is 10.0. The van der Waals surface area contributed by atoms with E-state index >= 15 is 0 Å². The van der Waals surface area contributed by atoms with Crippen molar-refractivity contribution in [3.05, 3.63) is 59.9 Å². The summed E-state index contributed by atoms with van der Waals surface area (Å²) >= 11 is 0. The second-order valence-corrected chi connectivity index (χ2v) is 7.00. The van der Waals surface area contributed by atoms with E-state index in [1.807, 2.05) is 0 Å². The zero-order chi connectivity index (χ0) is 22.3. The van der Waals surface area contributed by atoms with Crippen LogP contribution in [-0.4, -0.2) is 37.0 Å². The van der Waals surface area contributed by atoms with Gasteiger partial charge in [-0.1, -0.05) is 13.8 Å². The Labute approximate surface area is 174 Å². The van der Waals surface area contributed by atoms with E-state index in [4.69, 9.17) is 9.47 Å². The number of rotatable bonds is 8. The zero-order valence-corrected chi connectivity index (χ0v) is 17.3. The van der Waals surface area contributed by atoms with Crippen LogP contribution in [0.4, 0.5) is 10.1 Å². The monoisotopic (exact) mass is 416 g/mol. The molecule has 0 aliphatic carbocycles. The lowest BCUT2D eigenvalue weighted by Gasteiger charge is -2.23. The highest BCUT2D eigenvalue weighted by molar-refractivity contribution is 5.98. The smallest absolute Gasteiger partial charge is 0.329 e. The van der Waals surface area contributed by atoms with Crippen LogP contribution in [0.5, 0.6) is 5.75 Å². The molecule has 2 amide bonds. The molecule has 0 heterocycles. The maximum absolute atomic E-state index is 13.0. The van der Waals surface area contributed by atoms with Crippen LogP contribution in [0.2, 0.25) is 0 Å². The van der Waals surface area contributed by atoms with Gasteiger partial charge in [-0.15, -0.1) is 0 Å². The number of ether oxygens (including phenoxy) is 2. The van der Waals surface area contributed by atoms with E-state index in [2.05, 4.69) is 10.6 Å². The Morgan fingerprint density at radius 1 is 0.933 bits per heavy atom. The average Bonchev–Trinajstić information content (AvgIpc) is 2.73. The molecule has 7 nitrogen and oxygen atoms in total. The normalized spacial score (nSPS) is 12.6. The van der Waals surface area contributed by atoms with Gasteiger partial charge in [0.25, 0.3) is 11.8 Å². The number of carbonyl (C=O) groups excluding carboxylic acids is 3. The number of hydrogen-bond acceptors (Lipinski definition) is 5. The minimum atomic E-state index is -1.11. The predicted octanol–water partition coefficient (Wildman–Crippen LogP) is 3.16. The summed E-state index contributed by atoms with van der Waals surface area (Å²) < 4.78 is 23.3. The topological polar surface area (TPSA) is 93.7 Å². The van der Waals surface area contributed by atoms with Crippen LogP contribution < -0.4 is 15.4 Å². The van der Waals surface area contributed by atoms with Gasteiger partial charge in [0.05, 0.1) is 7.11 Å².